The molecule has 1 N–H and O–H groups in total. The molecule has 0 aromatic carbocycles. The Labute approximate surface area is 117 Å². The van der Waals surface area contributed by atoms with E-state index in [0.29, 0.717) is 17.2 Å². The highest BCUT2D eigenvalue weighted by atomic mass is 32.2. The van der Waals surface area contributed by atoms with Gasteiger partial charge in [-0.3, -0.25) is 4.79 Å². The lowest BCUT2D eigenvalue weighted by atomic mass is 10.2. The zero-order valence-corrected chi connectivity index (χ0v) is 12.3. The lowest BCUT2D eigenvalue weighted by molar-refractivity contribution is 0.0946. The molecule has 0 bridgehead atoms. The van der Waals surface area contributed by atoms with Crippen molar-refractivity contribution < 1.29 is 13.2 Å². The van der Waals surface area contributed by atoms with E-state index in [0.717, 1.165) is 5.41 Å². The molecular weight excluding hydrogens is 280 g/mol. The first-order valence-corrected chi connectivity index (χ1v) is 7.73. The molecule has 1 aliphatic heterocycles. The Morgan fingerprint density at radius 2 is 2.15 bits per heavy atom. The van der Waals surface area contributed by atoms with Crippen molar-refractivity contribution in [1.29, 1.82) is 0 Å². The third-order valence-electron chi connectivity index (χ3n) is 2.86. The summed E-state index contributed by atoms with van der Waals surface area (Å²) in [6, 6.07) is -0.500. The van der Waals surface area contributed by atoms with Gasteiger partial charge in [-0.1, -0.05) is 0 Å². The molecular formula is C12H16N4O3S. The lowest BCUT2D eigenvalue weighted by Crippen LogP contribution is -2.36. The first-order chi connectivity index (χ1) is 9.28. The van der Waals surface area contributed by atoms with Crippen LogP contribution in [0.5, 0.6) is 0 Å². The van der Waals surface area contributed by atoms with Crippen LogP contribution in [0.25, 0.3) is 0 Å². The van der Waals surface area contributed by atoms with Crippen LogP contribution in [0.15, 0.2) is 17.7 Å². The van der Waals surface area contributed by atoms with Crippen LogP contribution < -0.4 is 10.2 Å². The summed E-state index contributed by atoms with van der Waals surface area (Å²) in [5.74, 6) is 0.0379. The monoisotopic (exact) mass is 296 g/mol. The summed E-state index contributed by atoms with van der Waals surface area (Å²) >= 11 is 0. The van der Waals surface area contributed by atoms with Gasteiger partial charge in [-0.25, -0.2) is 18.4 Å². The third-order valence-corrected chi connectivity index (χ3v) is 4.25. The summed E-state index contributed by atoms with van der Waals surface area (Å²) in [6.07, 6.45) is 2.91. The molecule has 1 atom stereocenters. The summed E-state index contributed by atoms with van der Waals surface area (Å²) in [4.78, 5) is 22.1. The molecule has 0 saturated carbocycles. The van der Waals surface area contributed by atoms with E-state index in [2.05, 4.69) is 15.3 Å². The quantitative estimate of drug-likeness (QED) is 0.837. The van der Waals surface area contributed by atoms with Crippen LogP contribution in [0.3, 0.4) is 0 Å². The molecule has 108 valence electrons. The molecule has 1 aromatic heterocycles. The van der Waals surface area contributed by atoms with Gasteiger partial charge in [0.1, 0.15) is 0 Å². The Morgan fingerprint density at radius 1 is 1.45 bits per heavy atom. The second kappa shape index (κ2) is 5.20. The largest absolute Gasteiger partial charge is 0.347 e. The molecule has 0 spiro atoms. The van der Waals surface area contributed by atoms with Gasteiger partial charge in [-0.15, -0.1) is 0 Å². The zero-order valence-electron chi connectivity index (χ0n) is 11.5. The molecule has 8 heteroatoms. The molecule has 0 unspecified atom stereocenters. The SMILES string of the molecule is Cc1nc(N(C)C)ncc1C(=O)N[C@@H]1C=CS(=O)(=O)C1. The molecule has 0 radical (unpaired) electrons. The molecule has 1 aliphatic rings. The van der Waals surface area contributed by atoms with Crippen LogP contribution in [0, 0.1) is 6.92 Å². The van der Waals surface area contributed by atoms with Gasteiger partial charge in [0, 0.05) is 25.7 Å². The molecule has 0 saturated heterocycles. The van der Waals surface area contributed by atoms with E-state index >= 15 is 0 Å². The number of hydrogen-bond acceptors (Lipinski definition) is 6. The summed E-state index contributed by atoms with van der Waals surface area (Å²) in [5.41, 5.74) is 0.888. The van der Waals surface area contributed by atoms with Crippen molar-refractivity contribution in [1.82, 2.24) is 15.3 Å². The number of rotatable bonds is 3. The Hall–Kier alpha value is -1.96. The van der Waals surface area contributed by atoms with Gasteiger partial charge in [0.05, 0.1) is 23.1 Å². The summed E-state index contributed by atoms with van der Waals surface area (Å²) < 4.78 is 22.6. The van der Waals surface area contributed by atoms with Gasteiger partial charge in [0.25, 0.3) is 5.91 Å². The molecule has 7 nitrogen and oxygen atoms in total. The van der Waals surface area contributed by atoms with Gasteiger partial charge < -0.3 is 10.2 Å². The van der Waals surface area contributed by atoms with Crippen LogP contribution >= 0.6 is 0 Å². The predicted molar refractivity (Wildman–Crippen MR) is 75.3 cm³/mol. The number of aryl methyl sites for hydroxylation is 1. The number of anilines is 1. The van der Waals surface area contributed by atoms with E-state index in [-0.39, 0.29) is 11.7 Å². The van der Waals surface area contributed by atoms with Gasteiger partial charge in [0.15, 0.2) is 9.84 Å². The van der Waals surface area contributed by atoms with Crippen molar-refractivity contribution in [3.63, 3.8) is 0 Å². The van der Waals surface area contributed by atoms with Gasteiger partial charge in [-0.05, 0) is 13.0 Å². The fraction of sp³-hybridized carbons (Fsp3) is 0.417. The van der Waals surface area contributed by atoms with E-state index in [4.69, 9.17) is 0 Å². The minimum atomic E-state index is -3.18. The highest BCUT2D eigenvalue weighted by Crippen LogP contribution is 2.12. The summed E-state index contributed by atoms with van der Waals surface area (Å²) in [7, 11) is 0.432. The fourth-order valence-electron chi connectivity index (χ4n) is 1.81. The Morgan fingerprint density at radius 3 is 2.65 bits per heavy atom. The van der Waals surface area contributed by atoms with Crippen molar-refractivity contribution in [2.45, 2.75) is 13.0 Å². The number of nitrogens with one attached hydrogen (secondary N) is 1. The number of aromatic nitrogens is 2. The Kier molecular flexibility index (Phi) is 3.76. The molecule has 1 aromatic rings. The van der Waals surface area contributed by atoms with Crippen LogP contribution in [0.1, 0.15) is 16.1 Å². The average Bonchev–Trinajstić information content (AvgIpc) is 2.68. The fourth-order valence-corrected chi connectivity index (χ4v) is 3.04. The maximum Gasteiger partial charge on any atom is 0.255 e. The predicted octanol–water partition coefficient (Wildman–Crippen LogP) is -0.108. The van der Waals surface area contributed by atoms with E-state index in [1.54, 1.807) is 11.8 Å². The Bertz CT molecular complexity index is 667. The normalized spacial score (nSPS) is 19.9. The van der Waals surface area contributed by atoms with Gasteiger partial charge >= 0.3 is 0 Å². The van der Waals surface area contributed by atoms with E-state index < -0.39 is 15.9 Å². The first kappa shape index (κ1) is 14.4. The third kappa shape index (κ3) is 3.13. The highest BCUT2D eigenvalue weighted by molar-refractivity contribution is 7.94. The molecule has 0 fully saturated rings. The smallest absolute Gasteiger partial charge is 0.255 e. The maximum absolute atomic E-state index is 12.1. The second-order valence-corrected chi connectivity index (χ2v) is 6.73. The topological polar surface area (TPSA) is 92.3 Å². The first-order valence-electron chi connectivity index (χ1n) is 6.01. The molecule has 0 aliphatic carbocycles. The van der Waals surface area contributed by atoms with Gasteiger partial charge in [0.2, 0.25) is 5.95 Å². The minimum Gasteiger partial charge on any atom is -0.347 e. The second-order valence-electron chi connectivity index (χ2n) is 4.80. The molecule has 20 heavy (non-hydrogen) atoms. The number of hydrogen-bond donors (Lipinski definition) is 1. The maximum atomic E-state index is 12.1. The number of amides is 1. The standard InChI is InChI=1S/C12H16N4O3S/c1-8-10(6-13-12(14-8)16(2)3)11(17)15-9-4-5-20(18,19)7-9/h4-6,9H,7H2,1-3H3,(H,15,17)/t9-/m1/s1. The minimum absolute atomic E-state index is 0.103. The lowest BCUT2D eigenvalue weighted by Gasteiger charge is -2.14. The van der Waals surface area contributed by atoms with Crippen molar-refractivity contribution in [2.24, 2.45) is 0 Å². The van der Waals surface area contributed by atoms with Crippen LogP contribution in [-0.4, -0.2) is 50.2 Å². The average molecular weight is 296 g/mol. The van der Waals surface area contributed by atoms with E-state index in [1.165, 1.54) is 12.3 Å². The van der Waals surface area contributed by atoms with Crippen LogP contribution in [-0.2, 0) is 9.84 Å². The Balaban J connectivity index is 2.13. The number of carbonyl (C=O) groups is 1. The highest BCUT2D eigenvalue weighted by Gasteiger charge is 2.24. The molecule has 2 rings (SSSR count). The molecule has 1 amide bonds. The number of carbonyl (C=O) groups excluding carboxylic acids is 1. The van der Waals surface area contributed by atoms with Crippen LogP contribution in [0.2, 0.25) is 0 Å². The van der Waals surface area contributed by atoms with E-state index in [9.17, 15) is 13.2 Å². The van der Waals surface area contributed by atoms with Crippen molar-refractivity contribution >= 4 is 21.7 Å². The summed E-state index contributed by atoms with van der Waals surface area (Å²) in [5, 5.41) is 3.76. The molecule has 2 heterocycles. The summed E-state index contributed by atoms with van der Waals surface area (Å²) in [6.45, 7) is 1.71. The number of nitrogens with zero attached hydrogens (tertiary/aromatic N) is 3. The number of sulfone groups is 1. The van der Waals surface area contributed by atoms with Gasteiger partial charge in [-0.2, -0.15) is 0 Å². The van der Waals surface area contributed by atoms with Crippen LogP contribution in [0.4, 0.5) is 5.95 Å². The zero-order chi connectivity index (χ0) is 14.9. The van der Waals surface area contributed by atoms with Crippen molar-refractivity contribution in [2.75, 3.05) is 24.7 Å². The van der Waals surface area contributed by atoms with Crippen molar-refractivity contribution in [3.05, 3.63) is 28.9 Å². The van der Waals surface area contributed by atoms with E-state index in [1.807, 2.05) is 14.1 Å². The van der Waals surface area contributed by atoms with Crippen molar-refractivity contribution in [3.8, 4) is 0 Å².